The fourth-order valence-electron chi connectivity index (χ4n) is 2.58. The molecule has 1 unspecified atom stereocenters. The van der Waals surface area contributed by atoms with Gasteiger partial charge in [0.2, 0.25) is 11.8 Å². The number of esters is 1. The number of thioether (sulfide) groups is 1. The van der Waals surface area contributed by atoms with Crippen molar-refractivity contribution in [2.45, 2.75) is 36.5 Å². The lowest BCUT2D eigenvalue weighted by Gasteiger charge is -2.23. The van der Waals surface area contributed by atoms with Crippen LogP contribution >= 0.6 is 11.8 Å². The predicted molar refractivity (Wildman–Crippen MR) is 105 cm³/mol. The zero-order chi connectivity index (χ0) is 19.4. The van der Waals surface area contributed by atoms with E-state index in [2.05, 4.69) is 10.6 Å². The molecule has 0 saturated heterocycles. The number of benzene rings is 2. The Labute approximate surface area is 161 Å². The van der Waals surface area contributed by atoms with Crippen LogP contribution in [0.15, 0.2) is 53.4 Å². The molecule has 1 atom stereocenters. The topological polar surface area (TPSA) is 84.5 Å². The monoisotopic (exact) mass is 384 g/mol. The second-order valence-corrected chi connectivity index (χ2v) is 7.62. The molecule has 27 heavy (non-hydrogen) atoms. The summed E-state index contributed by atoms with van der Waals surface area (Å²) in [7, 11) is 0. The molecular formula is C20H20N2O4S. The third-order valence-electron chi connectivity index (χ3n) is 3.82. The number of carbonyl (C=O) groups is 3. The molecule has 140 valence electrons. The molecule has 0 bridgehead atoms. The van der Waals surface area contributed by atoms with Crippen molar-refractivity contribution in [3.63, 3.8) is 0 Å². The van der Waals surface area contributed by atoms with Gasteiger partial charge < -0.3 is 15.4 Å². The fraction of sp³-hybridized carbons (Fsp3) is 0.250. The first-order valence-electron chi connectivity index (χ1n) is 8.60. The Morgan fingerprint density at radius 3 is 2.56 bits per heavy atom. The first-order chi connectivity index (χ1) is 12.9. The van der Waals surface area contributed by atoms with E-state index < -0.39 is 11.2 Å². The fourth-order valence-corrected chi connectivity index (χ4v) is 3.69. The molecule has 0 aromatic heterocycles. The molecule has 6 nitrogen and oxygen atoms in total. The number of ether oxygens (including phenoxy) is 1. The predicted octanol–water partition coefficient (Wildman–Crippen LogP) is 3.69. The average Bonchev–Trinajstić information content (AvgIpc) is 2.62. The van der Waals surface area contributed by atoms with Gasteiger partial charge in [-0.25, -0.2) is 4.79 Å². The van der Waals surface area contributed by atoms with Gasteiger partial charge in [0.05, 0.1) is 22.6 Å². The van der Waals surface area contributed by atoms with Gasteiger partial charge in [-0.05, 0) is 50.2 Å². The summed E-state index contributed by atoms with van der Waals surface area (Å²) in [5, 5.41) is 5.09. The number of amides is 2. The first-order valence-corrected chi connectivity index (χ1v) is 9.48. The number of carbonyl (C=O) groups excluding carboxylic acids is 3. The van der Waals surface area contributed by atoms with E-state index in [4.69, 9.17) is 4.74 Å². The minimum absolute atomic E-state index is 0.0575. The number of fused-ring (bicyclic) bond motifs is 1. The van der Waals surface area contributed by atoms with Gasteiger partial charge in [0.15, 0.2) is 0 Å². The van der Waals surface area contributed by atoms with Crippen LogP contribution in [0.3, 0.4) is 0 Å². The standard InChI is InChI=1S/C20H20N2O4S/c1-12(2)26-20(25)13-7-9-14(10-8-13)21-18(23)11-17-19(24)22-15-5-3-4-6-16(15)27-17/h3-10,12,17H,11H2,1-2H3,(H,21,23)(H,22,24). The lowest BCUT2D eigenvalue weighted by Crippen LogP contribution is -2.32. The largest absolute Gasteiger partial charge is 0.459 e. The number of para-hydroxylation sites is 1. The van der Waals surface area contributed by atoms with Crippen LogP contribution in [-0.2, 0) is 14.3 Å². The van der Waals surface area contributed by atoms with Crippen molar-refractivity contribution in [1.29, 1.82) is 0 Å². The highest BCUT2D eigenvalue weighted by Gasteiger charge is 2.28. The lowest BCUT2D eigenvalue weighted by molar-refractivity contribution is -0.120. The summed E-state index contributed by atoms with van der Waals surface area (Å²) in [6.07, 6.45) is -0.136. The Bertz CT molecular complexity index is 865. The molecule has 2 amide bonds. The summed E-state index contributed by atoms with van der Waals surface area (Å²) in [6, 6.07) is 14.0. The molecule has 3 rings (SSSR count). The summed E-state index contributed by atoms with van der Waals surface area (Å²) in [5.41, 5.74) is 1.75. The van der Waals surface area contributed by atoms with Gasteiger partial charge in [0.25, 0.3) is 0 Å². The van der Waals surface area contributed by atoms with E-state index in [9.17, 15) is 14.4 Å². The highest BCUT2D eigenvalue weighted by atomic mass is 32.2. The van der Waals surface area contributed by atoms with Gasteiger partial charge >= 0.3 is 5.97 Å². The van der Waals surface area contributed by atoms with Crippen molar-refractivity contribution in [2.24, 2.45) is 0 Å². The SMILES string of the molecule is CC(C)OC(=O)c1ccc(NC(=O)CC2Sc3ccccc3NC2=O)cc1. The van der Waals surface area contributed by atoms with E-state index in [1.54, 1.807) is 38.1 Å². The van der Waals surface area contributed by atoms with Crippen LogP contribution in [-0.4, -0.2) is 29.1 Å². The van der Waals surface area contributed by atoms with Crippen molar-refractivity contribution in [3.8, 4) is 0 Å². The number of anilines is 2. The van der Waals surface area contributed by atoms with Crippen LogP contribution in [0.1, 0.15) is 30.6 Å². The van der Waals surface area contributed by atoms with Crippen molar-refractivity contribution in [1.82, 2.24) is 0 Å². The second kappa shape index (κ2) is 8.26. The molecule has 0 radical (unpaired) electrons. The maximum Gasteiger partial charge on any atom is 0.338 e. The second-order valence-electron chi connectivity index (χ2n) is 6.38. The lowest BCUT2D eigenvalue weighted by atomic mass is 10.2. The van der Waals surface area contributed by atoms with Crippen LogP contribution < -0.4 is 10.6 Å². The smallest absolute Gasteiger partial charge is 0.338 e. The van der Waals surface area contributed by atoms with Crippen molar-refractivity contribution in [3.05, 3.63) is 54.1 Å². The normalized spacial score (nSPS) is 15.7. The van der Waals surface area contributed by atoms with Gasteiger partial charge in [-0.3, -0.25) is 9.59 Å². The molecule has 2 aromatic carbocycles. The van der Waals surface area contributed by atoms with E-state index in [1.807, 2.05) is 24.3 Å². The van der Waals surface area contributed by atoms with Crippen LogP contribution in [0.4, 0.5) is 11.4 Å². The molecule has 7 heteroatoms. The Morgan fingerprint density at radius 2 is 1.85 bits per heavy atom. The molecule has 1 aliphatic heterocycles. The Kier molecular flexibility index (Phi) is 5.81. The minimum Gasteiger partial charge on any atom is -0.459 e. The average molecular weight is 384 g/mol. The Hall–Kier alpha value is -2.80. The molecule has 0 spiro atoms. The minimum atomic E-state index is -0.486. The van der Waals surface area contributed by atoms with Crippen LogP contribution in [0.5, 0.6) is 0 Å². The molecule has 0 fully saturated rings. The Morgan fingerprint density at radius 1 is 1.15 bits per heavy atom. The third-order valence-corrected chi connectivity index (χ3v) is 5.10. The van der Waals surface area contributed by atoms with E-state index in [-0.39, 0.29) is 24.3 Å². The van der Waals surface area contributed by atoms with Gasteiger partial charge in [0, 0.05) is 17.0 Å². The molecule has 1 heterocycles. The van der Waals surface area contributed by atoms with E-state index in [0.29, 0.717) is 11.3 Å². The van der Waals surface area contributed by atoms with Crippen molar-refractivity contribution >= 4 is 40.9 Å². The highest BCUT2D eigenvalue weighted by molar-refractivity contribution is 8.01. The van der Waals surface area contributed by atoms with E-state index in [1.165, 1.54) is 11.8 Å². The highest BCUT2D eigenvalue weighted by Crippen LogP contribution is 2.36. The van der Waals surface area contributed by atoms with Gasteiger partial charge in [-0.2, -0.15) is 0 Å². The van der Waals surface area contributed by atoms with E-state index in [0.717, 1.165) is 10.6 Å². The van der Waals surface area contributed by atoms with Gasteiger partial charge in [-0.15, -0.1) is 11.8 Å². The summed E-state index contributed by atoms with van der Waals surface area (Å²) in [5.74, 6) is -0.850. The maximum absolute atomic E-state index is 12.3. The van der Waals surface area contributed by atoms with Crippen LogP contribution in [0, 0.1) is 0 Å². The summed E-state index contributed by atoms with van der Waals surface area (Å²) in [6.45, 7) is 3.56. The quantitative estimate of drug-likeness (QED) is 0.768. The summed E-state index contributed by atoms with van der Waals surface area (Å²) >= 11 is 1.38. The summed E-state index contributed by atoms with van der Waals surface area (Å²) in [4.78, 5) is 37.3. The van der Waals surface area contributed by atoms with Crippen LogP contribution in [0.2, 0.25) is 0 Å². The van der Waals surface area contributed by atoms with Crippen molar-refractivity contribution < 1.29 is 19.1 Å². The number of hydrogen-bond donors (Lipinski definition) is 2. The number of hydrogen-bond acceptors (Lipinski definition) is 5. The zero-order valence-electron chi connectivity index (χ0n) is 15.0. The summed E-state index contributed by atoms with van der Waals surface area (Å²) < 4.78 is 5.12. The number of nitrogens with one attached hydrogen (secondary N) is 2. The third kappa shape index (κ3) is 4.89. The maximum atomic E-state index is 12.3. The van der Waals surface area contributed by atoms with Gasteiger partial charge in [-0.1, -0.05) is 12.1 Å². The zero-order valence-corrected chi connectivity index (χ0v) is 15.8. The number of rotatable bonds is 5. The molecule has 0 aliphatic carbocycles. The van der Waals surface area contributed by atoms with E-state index >= 15 is 0 Å². The molecule has 2 aromatic rings. The molecule has 1 aliphatic rings. The molecule has 0 saturated carbocycles. The van der Waals surface area contributed by atoms with Gasteiger partial charge in [0.1, 0.15) is 0 Å². The van der Waals surface area contributed by atoms with Crippen LogP contribution in [0.25, 0.3) is 0 Å². The molecule has 2 N–H and O–H groups in total. The Balaban J connectivity index is 1.58. The first kappa shape index (κ1) is 19.0. The van der Waals surface area contributed by atoms with Crippen molar-refractivity contribution in [2.75, 3.05) is 10.6 Å². The molecular weight excluding hydrogens is 364 g/mol.